The number of rotatable bonds is 3. The predicted molar refractivity (Wildman–Crippen MR) is 71.9 cm³/mol. The molecule has 1 heterocycles. The second kappa shape index (κ2) is 5.66. The Bertz CT molecular complexity index is 527. The molecule has 0 saturated carbocycles. The van der Waals surface area contributed by atoms with Crippen LogP contribution in [0.3, 0.4) is 0 Å². The van der Waals surface area contributed by atoms with Crippen molar-refractivity contribution in [3.63, 3.8) is 0 Å². The average Bonchev–Trinajstić information content (AvgIpc) is 2.35. The highest BCUT2D eigenvalue weighted by Crippen LogP contribution is 2.25. The third kappa shape index (κ3) is 3.44. The van der Waals surface area contributed by atoms with Gasteiger partial charge in [0, 0.05) is 11.2 Å². The van der Waals surface area contributed by atoms with E-state index in [9.17, 15) is 0 Å². The molecule has 0 unspecified atom stereocenters. The highest BCUT2D eigenvalue weighted by atomic mass is 35.5. The average molecular weight is 266 g/mol. The van der Waals surface area contributed by atoms with E-state index in [0.29, 0.717) is 15.7 Å². The number of anilines is 1. The summed E-state index contributed by atoms with van der Waals surface area (Å²) in [4.78, 5) is 4.10. The molecule has 1 aromatic carbocycles. The van der Waals surface area contributed by atoms with Crippen LogP contribution < -0.4 is 5.43 Å². The van der Waals surface area contributed by atoms with Gasteiger partial charge in [0.1, 0.15) is 0 Å². The topological polar surface area (TPSA) is 37.3 Å². The zero-order chi connectivity index (χ0) is 12.1. The molecule has 17 heavy (non-hydrogen) atoms. The summed E-state index contributed by atoms with van der Waals surface area (Å²) in [5, 5.41) is 5.20. The van der Waals surface area contributed by atoms with Gasteiger partial charge >= 0.3 is 0 Å². The van der Waals surface area contributed by atoms with E-state index in [1.54, 1.807) is 30.6 Å². The van der Waals surface area contributed by atoms with E-state index in [-0.39, 0.29) is 0 Å². The lowest BCUT2D eigenvalue weighted by atomic mass is 10.3. The van der Waals surface area contributed by atoms with E-state index in [0.717, 1.165) is 5.69 Å². The molecule has 0 bridgehead atoms. The van der Waals surface area contributed by atoms with Gasteiger partial charge in [0.05, 0.1) is 22.6 Å². The van der Waals surface area contributed by atoms with Crippen molar-refractivity contribution in [3.8, 4) is 0 Å². The maximum Gasteiger partial charge on any atom is 0.0830 e. The van der Waals surface area contributed by atoms with Crippen molar-refractivity contribution in [1.29, 1.82) is 0 Å². The molecule has 2 aromatic rings. The monoisotopic (exact) mass is 265 g/mol. The minimum atomic E-state index is 0.563. The van der Waals surface area contributed by atoms with Crippen molar-refractivity contribution in [2.45, 2.75) is 0 Å². The SMILES string of the molecule is Clc1ccc(Cl)c(N/N=C/c2ccccn2)c1. The van der Waals surface area contributed by atoms with E-state index in [2.05, 4.69) is 15.5 Å². The molecule has 0 amide bonds. The first-order valence-corrected chi connectivity index (χ1v) is 5.66. The lowest BCUT2D eigenvalue weighted by Gasteiger charge is -2.02. The molecule has 86 valence electrons. The molecule has 2 rings (SSSR count). The molecular weight excluding hydrogens is 257 g/mol. The fourth-order valence-corrected chi connectivity index (χ4v) is 1.54. The van der Waals surface area contributed by atoms with Crippen LogP contribution in [0.5, 0.6) is 0 Å². The number of hydrazone groups is 1. The number of pyridine rings is 1. The summed E-state index contributed by atoms with van der Waals surface area (Å²) < 4.78 is 0. The third-order valence-corrected chi connectivity index (χ3v) is 2.56. The largest absolute Gasteiger partial charge is 0.277 e. The van der Waals surface area contributed by atoms with Gasteiger partial charge in [-0.3, -0.25) is 10.4 Å². The summed E-state index contributed by atoms with van der Waals surface area (Å²) in [5.41, 5.74) is 4.24. The van der Waals surface area contributed by atoms with E-state index < -0.39 is 0 Å². The first-order chi connectivity index (χ1) is 8.25. The lowest BCUT2D eigenvalue weighted by Crippen LogP contribution is -1.92. The minimum absolute atomic E-state index is 0.563. The quantitative estimate of drug-likeness (QED) is 0.677. The lowest BCUT2D eigenvalue weighted by molar-refractivity contribution is 1.28. The smallest absolute Gasteiger partial charge is 0.0830 e. The Morgan fingerprint density at radius 2 is 2.06 bits per heavy atom. The number of hydrogen-bond donors (Lipinski definition) is 1. The Labute approximate surface area is 109 Å². The maximum atomic E-state index is 5.97. The Morgan fingerprint density at radius 3 is 2.82 bits per heavy atom. The van der Waals surface area contributed by atoms with Crippen molar-refractivity contribution in [3.05, 3.63) is 58.3 Å². The van der Waals surface area contributed by atoms with E-state index in [4.69, 9.17) is 23.2 Å². The number of benzene rings is 1. The molecule has 0 fully saturated rings. The van der Waals surface area contributed by atoms with Crippen molar-refractivity contribution in [1.82, 2.24) is 4.98 Å². The Kier molecular flexibility index (Phi) is 3.96. The van der Waals surface area contributed by atoms with Gasteiger partial charge in [-0.25, -0.2) is 0 Å². The van der Waals surface area contributed by atoms with Gasteiger partial charge in [0.2, 0.25) is 0 Å². The molecule has 3 nitrogen and oxygen atoms in total. The van der Waals surface area contributed by atoms with Crippen LogP contribution in [0.25, 0.3) is 0 Å². The van der Waals surface area contributed by atoms with Crippen LogP contribution in [0.1, 0.15) is 5.69 Å². The summed E-state index contributed by atoms with van der Waals surface area (Å²) in [5.74, 6) is 0. The number of nitrogens with zero attached hydrogens (tertiary/aromatic N) is 2. The summed E-state index contributed by atoms with van der Waals surface area (Å²) in [6.07, 6.45) is 3.31. The molecule has 0 aliphatic rings. The zero-order valence-corrected chi connectivity index (χ0v) is 10.3. The molecule has 0 radical (unpaired) electrons. The van der Waals surface area contributed by atoms with Crippen LogP contribution in [-0.2, 0) is 0 Å². The molecule has 5 heteroatoms. The molecule has 0 saturated heterocycles. The first kappa shape index (κ1) is 11.9. The molecular formula is C12H9Cl2N3. The molecule has 0 aliphatic carbocycles. The highest BCUT2D eigenvalue weighted by molar-refractivity contribution is 6.35. The van der Waals surface area contributed by atoms with Gasteiger partial charge in [0.25, 0.3) is 0 Å². The Hall–Kier alpha value is -1.58. The van der Waals surface area contributed by atoms with Crippen LogP contribution in [0.2, 0.25) is 10.0 Å². The molecule has 1 aromatic heterocycles. The number of nitrogens with one attached hydrogen (secondary N) is 1. The fourth-order valence-electron chi connectivity index (χ4n) is 1.20. The Morgan fingerprint density at radius 1 is 1.18 bits per heavy atom. The molecule has 1 N–H and O–H groups in total. The van der Waals surface area contributed by atoms with E-state index >= 15 is 0 Å². The predicted octanol–water partition coefficient (Wildman–Crippen LogP) is 3.83. The summed E-state index contributed by atoms with van der Waals surface area (Å²) in [6.45, 7) is 0. The summed E-state index contributed by atoms with van der Waals surface area (Å²) in [6, 6.07) is 10.7. The molecule has 0 spiro atoms. The molecule has 0 atom stereocenters. The second-order valence-electron chi connectivity index (χ2n) is 3.25. The van der Waals surface area contributed by atoms with Gasteiger partial charge in [-0.1, -0.05) is 29.3 Å². The minimum Gasteiger partial charge on any atom is -0.277 e. The van der Waals surface area contributed by atoms with Gasteiger partial charge in [-0.2, -0.15) is 5.10 Å². The van der Waals surface area contributed by atoms with Crippen molar-refractivity contribution < 1.29 is 0 Å². The number of halogens is 2. The Balaban J connectivity index is 2.07. The van der Waals surface area contributed by atoms with Crippen molar-refractivity contribution >= 4 is 35.1 Å². The van der Waals surface area contributed by atoms with Crippen LogP contribution in [0.15, 0.2) is 47.7 Å². The summed E-state index contributed by atoms with van der Waals surface area (Å²) in [7, 11) is 0. The first-order valence-electron chi connectivity index (χ1n) is 4.91. The third-order valence-electron chi connectivity index (χ3n) is 2.00. The van der Waals surface area contributed by atoms with Crippen LogP contribution in [-0.4, -0.2) is 11.2 Å². The van der Waals surface area contributed by atoms with Crippen LogP contribution in [0, 0.1) is 0 Å². The standard InChI is InChI=1S/C12H9Cl2N3/c13-9-4-5-11(14)12(7-9)17-16-8-10-3-1-2-6-15-10/h1-8,17H/b16-8+. The van der Waals surface area contributed by atoms with Crippen LogP contribution in [0.4, 0.5) is 5.69 Å². The van der Waals surface area contributed by atoms with Gasteiger partial charge in [-0.05, 0) is 30.3 Å². The van der Waals surface area contributed by atoms with Crippen LogP contribution >= 0.6 is 23.2 Å². The van der Waals surface area contributed by atoms with Gasteiger partial charge < -0.3 is 0 Å². The second-order valence-corrected chi connectivity index (χ2v) is 4.09. The number of aromatic nitrogens is 1. The zero-order valence-electron chi connectivity index (χ0n) is 8.77. The van der Waals surface area contributed by atoms with E-state index in [1.165, 1.54) is 0 Å². The number of hydrogen-bond acceptors (Lipinski definition) is 3. The molecule has 0 aliphatic heterocycles. The fraction of sp³-hybridized carbons (Fsp3) is 0. The normalized spacial score (nSPS) is 10.7. The van der Waals surface area contributed by atoms with Gasteiger partial charge in [0.15, 0.2) is 0 Å². The van der Waals surface area contributed by atoms with Crippen molar-refractivity contribution in [2.24, 2.45) is 5.10 Å². The van der Waals surface area contributed by atoms with Gasteiger partial charge in [-0.15, -0.1) is 0 Å². The summed E-state index contributed by atoms with van der Waals surface area (Å²) >= 11 is 11.8. The van der Waals surface area contributed by atoms with E-state index in [1.807, 2.05) is 18.2 Å². The maximum absolute atomic E-state index is 5.97. The highest BCUT2D eigenvalue weighted by Gasteiger charge is 1.98. The van der Waals surface area contributed by atoms with Crippen molar-refractivity contribution in [2.75, 3.05) is 5.43 Å².